The second-order valence-electron chi connectivity index (χ2n) is 5.09. The molecule has 0 saturated carbocycles. The van der Waals surface area contributed by atoms with Crippen LogP contribution in [0.1, 0.15) is 46.8 Å². The maximum absolute atomic E-state index is 12.5. The highest BCUT2D eigenvalue weighted by Crippen LogP contribution is 2.26. The summed E-state index contributed by atoms with van der Waals surface area (Å²) in [5, 5.41) is 2.80. The molecule has 1 N–H and O–H groups in total. The molecule has 110 valence electrons. The average Bonchev–Trinajstić information content (AvgIpc) is 2.72. The first-order valence-corrected chi connectivity index (χ1v) is 8.14. The van der Waals surface area contributed by atoms with Crippen LogP contribution >= 0.6 is 11.3 Å². The lowest BCUT2D eigenvalue weighted by atomic mass is 10.1. The minimum absolute atomic E-state index is 0.00380. The Morgan fingerprint density at radius 3 is 2.95 bits per heavy atom. The summed E-state index contributed by atoms with van der Waals surface area (Å²) in [6.07, 6.45) is 3.90. The number of rotatable bonds is 4. The Balaban J connectivity index is 2.17. The molecule has 5 heteroatoms. The molecular weight excluding hydrogens is 272 g/mol. The van der Waals surface area contributed by atoms with Crippen molar-refractivity contribution in [2.75, 3.05) is 19.6 Å². The van der Waals surface area contributed by atoms with Gasteiger partial charge in [0.15, 0.2) is 0 Å². The number of amides is 2. The predicted molar refractivity (Wildman–Crippen MR) is 81.2 cm³/mol. The highest BCUT2D eigenvalue weighted by molar-refractivity contribution is 7.14. The monoisotopic (exact) mass is 294 g/mol. The molecule has 20 heavy (non-hydrogen) atoms. The van der Waals surface area contributed by atoms with Crippen LogP contribution < -0.4 is 5.32 Å². The second kappa shape index (κ2) is 6.88. The van der Waals surface area contributed by atoms with E-state index in [1.165, 1.54) is 10.4 Å². The number of nitrogens with zero attached hydrogens (tertiary/aromatic N) is 1. The standard InChI is InChI=1S/C15H22N2O2S/c1-3-6-12-11(4-2)9-13(20-12)15(19)17-8-5-7-16-14(18)10-17/h9H,3-8,10H2,1-2H3,(H,16,18). The first kappa shape index (κ1) is 15.0. The second-order valence-corrected chi connectivity index (χ2v) is 6.23. The van der Waals surface area contributed by atoms with E-state index in [-0.39, 0.29) is 18.4 Å². The molecule has 1 aliphatic heterocycles. The molecule has 2 amide bonds. The fourth-order valence-electron chi connectivity index (χ4n) is 2.44. The van der Waals surface area contributed by atoms with Gasteiger partial charge in [0, 0.05) is 18.0 Å². The maximum atomic E-state index is 12.5. The Morgan fingerprint density at radius 2 is 2.25 bits per heavy atom. The van der Waals surface area contributed by atoms with Gasteiger partial charge in [-0.25, -0.2) is 0 Å². The van der Waals surface area contributed by atoms with E-state index >= 15 is 0 Å². The fraction of sp³-hybridized carbons (Fsp3) is 0.600. The third-order valence-corrected chi connectivity index (χ3v) is 4.74. The van der Waals surface area contributed by atoms with E-state index in [0.29, 0.717) is 13.1 Å². The average molecular weight is 294 g/mol. The van der Waals surface area contributed by atoms with Gasteiger partial charge in [-0.1, -0.05) is 20.3 Å². The Hall–Kier alpha value is -1.36. The molecule has 1 aromatic heterocycles. The zero-order chi connectivity index (χ0) is 14.5. The van der Waals surface area contributed by atoms with Gasteiger partial charge >= 0.3 is 0 Å². The van der Waals surface area contributed by atoms with Gasteiger partial charge in [0.2, 0.25) is 5.91 Å². The van der Waals surface area contributed by atoms with Crippen LogP contribution in [0.15, 0.2) is 6.07 Å². The van der Waals surface area contributed by atoms with Crippen LogP contribution in [0.4, 0.5) is 0 Å². The summed E-state index contributed by atoms with van der Waals surface area (Å²) in [4.78, 5) is 27.9. The lowest BCUT2D eigenvalue weighted by molar-refractivity contribution is -0.121. The summed E-state index contributed by atoms with van der Waals surface area (Å²) in [6, 6.07) is 2.01. The van der Waals surface area contributed by atoms with E-state index in [2.05, 4.69) is 19.2 Å². The van der Waals surface area contributed by atoms with Crippen molar-refractivity contribution in [2.24, 2.45) is 0 Å². The van der Waals surface area contributed by atoms with Crippen molar-refractivity contribution in [1.29, 1.82) is 0 Å². The smallest absolute Gasteiger partial charge is 0.264 e. The molecule has 0 atom stereocenters. The highest BCUT2D eigenvalue weighted by atomic mass is 32.1. The van der Waals surface area contributed by atoms with Gasteiger partial charge in [-0.15, -0.1) is 11.3 Å². The van der Waals surface area contributed by atoms with Gasteiger partial charge in [0.05, 0.1) is 11.4 Å². The van der Waals surface area contributed by atoms with Crippen molar-refractivity contribution in [1.82, 2.24) is 10.2 Å². The molecule has 1 aromatic rings. The molecule has 0 radical (unpaired) electrons. The summed E-state index contributed by atoms with van der Waals surface area (Å²) in [5.74, 6) is -0.0546. The first-order chi connectivity index (χ1) is 9.65. The lowest BCUT2D eigenvalue weighted by Crippen LogP contribution is -2.37. The molecule has 0 aliphatic carbocycles. The molecule has 2 heterocycles. The third-order valence-electron chi connectivity index (χ3n) is 3.51. The summed E-state index contributed by atoms with van der Waals surface area (Å²) >= 11 is 1.60. The molecule has 0 bridgehead atoms. The molecule has 2 rings (SSSR count). The van der Waals surface area contributed by atoms with Crippen LogP contribution in [-0.4, -0.2) is 36.3 Å². The van der Waals surface area contributed by atoms with E-state index in [4.69, 9.17) is 0 Å². The Morgan fingerprint density at radius 1 is 1.45 bits per heavy atom. The van der Waals surface area contributed by atoms with Gasteiger partial charge in [-0.3, -0.25) is 9.59 Å². The summed E-state index contributed by atoms with van der Waals surface area (Å²) in [7, 11) is 0. The molecule has 0 spiro atoms. The van der Waals surface area contributed by atoms with Gasteiger partial charge in [0.1, 0.15) is 0 Å². The number of aryl methyl sites for hydroxylation is 2. The number of hydrogen-bond acceptors (Lipinski definition) is 3. The number of nitrogens with one attached hydrogen (secondary N) is 1. The predicted octanol–water partition coefficient (Wildman–Crippen LogP) is 2.23. The van der Waals surface area contributed by atoms with Crippen molar-refractivity contribution < 1.29 is 9.59 Å². The van der Waals surface area contributed by atoms with Crippen molar-refractivity contribution in [3.8, 4) is 0 Å². The van der Waals surface area contributed by atoms with Crippen LogP contribution in [0.2, 0.25) is 0 Å². The summed E-state index contributed by atoms with van der Waals surface area (Å²) < 4.78 is 0. The van der Waals surface area contributed by atoms with Crippen LogP contribution in [0.5, 0.6) is 0 Å². The van der Waals surface area contributed by atoms with Gasteiger partial charge in [-0.05, 0) is 30.9 Å². The quantitative estimate of drug-likeness (QED) is 0.925. The van der Waals surface area contributed by atoms with Crippen LogP contribution in [-0.2, 0) is 17.6 Å². The Bertz CT molecular complexity index is 496. The number of carbonyl (C=O) groups excluding carboxylic acids is 2. The van der Waals surface area contributed by atoms with Crippen LogP contribution in [0, 0.1) is 0 Å². The SMILES string of the molecule is CCCc1sc(C(=O)N2CCCNC(=O)C2)cc1CC. The van der Waals surface area contributed by atoms with E-state index in [1.807, 2.05) is 6.07 Å². The molecular formula is C15H22N2O2S. The van der Waals surface area contributed by atoms with Crippen molar-refractivity contribution in [2.45, 2.75) is 39.5 Å². The Kier molecular flexibility index (Phi) is 5.17. The zero-order valence-corrected chi connectivity index (χ0v) is 13.0. The maximum Gasteiger partial charge on any atom is 0.264 e. The number of thiophene rings is 1. The Labute approximate surface area is 124 Å². The molecule has 1 aliphatic rings. The van der Waals surface area contributed by atoms with Gasteiger partial charge in [0.25, 0.3) is 5.91 Å². The molecule has 4 nitrogen and oxygen atoms in total. The van der Waals surface area contributed by atoms with Crippen molar-refractivity contribution in [3.05, 3.63) is 21.4 Å². The highest BCUT2D eigenvalue weighted by Gasteiger charge is 2.23. The molecule has 0 unspecified atom stereocenters. The topological polar surface area (TPSA) is 49.4 Å². The summed E-state index contributed by atoms with van der Waals surface area (Å²) in [5.41, 5.74) is 1.28. The normalized spacial score (nSPS) is 15.9. The van der Waals surface area contributed by atoms with Gasteiger partial charge in [-0.2, -0.15) is 0 Å². The molecule has 1 fully saturated rings. The van der Waals surface area contributed by atoms with Crippen LogP contribution in [0.25, 0.3) is 0 Å². The molecule has 1 saturated heterocycles. The largest absolute Gasteiger partial charge is 0.354 e. The van der Waals surface area contributed by atoms with E-state index < -0.39 is 0 Å². The number of hydrogen-bond donors (Lipinski definition) is 1. The number of carbonyl (C=O) groups is 2. The first-order valence-electron chi connectivity index (χ1n) is 7.33. The van der Waals surface area contributed by atoms with E-state index in [1.54, 1.807) is 16.2 Å². The van der Waals surface area contributed by atoms with E-state index in [0.717, 1.165) is 30.6 Å². The van der Waals surface area contributed by atoms with Gasteiger partial charge < -0.3 is 10.2 Å². The fourth-order valence-corrected chi connectivity index (χ4v) is 3.77. The van der Waals surface area contributed by atoms with Crippen molar-refractivity contribution in [3.63, 3.8) is 0 Å². The van der Waals surface area contributed by atoms with Crippen LogP contribution in [0.3, 0.4) is 0 Å². The summed E-state index contributed by atoms with van der Waals surface area (Å²) in [6.45, 7) is 5.77. The van der Waals surface area contributed by atoms with Crippen molar-refractivity contribution >= 4 is 23.2 Å². The molecule has 0 aromatic carbocycles. The third kappa shape index (κ3) is 3.39. The van der Waals surface area contributed by atoms with E-state index in [9.17, 15) is 9.59 Å². The minimum Gasteiger partial charge on any atom is -0.354 e. The zero-order valence-electron chi connectivity index (χ0n) is 12.2. The lowest BCUT2D eigenvalue weighted by Gasteiger charge is -2.17. The minimum atomic E-state index is -0.0584.